The predicted molar refractivity (Wildman–Crippen MR) is 75.0 cm³/mol. The molecule has 1 atom stereocenters. The number of hydrogen-bond acceptors (Lipinski definition) is 2. The standard InChI is InChI=1S/C14H13ClO2S/c15-10-11-17-18(16)14-8-6-13(7-9-14)12-4-2-1-3-5-12/h1-9H,10-11H2. The zero-order valence-corrected chi connectivity index (χ0v) is 11.3. The molecule has 2 aromatic carbocycles. The monoisotopic (exact) mass is 280 g/mol. The second-order valence-electron chi connectivity index (χ2n) is 3.64. The molecule has 2 rings (SSSR count). The molecule has 0 aromatic heterocycles. The van der Waals surface area contributed by atoms with Crippen molar-refractivity contribution in [1.82, 2.24) is 0 Å². The van der Waals surface area contributed by atoms with E-state index in [4.69, 9.17) is 15.8 Å². The van der Waals surface area contributed by atoms with Crippen molar-refractivity contribution < 1.29 is 8.39 Å². The first-order valence-electron chi connectivity index (χ1n) is 5.58. The van der Waals surface area contributed by atoms with Crippen molar-refractivity contribution in [3.05, 3.63) is 54.6 Å². The second kappa shape index (κ2) is 6.69. The SMILES string of the molecule is O=S(OCCCl)c1ccc(-c2ccccc2)cc1. The van der Waals surface area contributed by atoms with Gasteiger partial charge in [-0.25, -0.2) is 4.21 Å². The van der Waals surface area contributed by atoms with E-state index in [-0.39, 0.29) is 6.61 Å². The van der Waals surface area contributed by atoms with Crippen LogP contribution < -0.4 is 0 Å². The number of hydrogen-bond donors (Lipinski definition) is 0. The molecule has 1 unspecified atom stereocenters. The molecule has 0 aliphatic heterocycles. The average Bonchev–Trinajstić information content (AvgIpc) is 2.46. The Morgan fingerprint density at radius 2 is 1.56 bits per heavy atom. The minimum absolute atomic E-state index is 0.286. The van der Waals surface area contributed by atoms with Gasteiger partial charge in [-0.1, -0.05) is 42.5 Å². The first-order valence-corrected chi connectivity index (χ1v) is 7.18. The van der Waals surface area contributed by atoms with Crippen LogP contribution in [0.5, 0.6) is 0 Å². The van der Waals surface area contributed by atoms with Crippen LogP contribution in [0, 0.1) is 0 Å². The van der Waals surface area contributed by atoms with Crippen molar-refractivity contribution in [1.29, 1.82) is 0 Å². The van der Waals surface area contributed by atoms with Gasteiger partial charge in [0.15, 0.2) is 11.1 Å². The lowest BCUT2D eigenvalue weighted by Crippen LogP contribution is -2.00. The highest BCUT2D eigenvalue weighted by Crippen LogP contribution is 2.20. The van der Waals surface area contributed by atoms with Crippen molar-refractivity contribution in [3.63, 3.8) is 0 Å². The van der Waals surface area contributed by atoms with Crippen LogP contribution in [0.4, 0.5) is 0 Å². The largest absolute Gasteiger partial charge is 0.285 e. The maximum atomic E-state index is 11.7. The molecule has 0 heterocycles. The molecule has 0 amide bonds. The summed E-state index contributed by atoms with van der Waals surface area (Å²) >= 11 is 4.05. The smallest absolute Gasteiger partial charge is 0.189 e. The quantitative estimate of drug-likeness (QED) is 0.782. The first-order chi connectivity index (χ1) is 8.81. The molecule has 0 bridgehead atoms. The van der Waals surface area contributed by atoms with Gasteiger partial charge in [-0.05, 0) is 23.3 Å². The fraction of sp³-hybridized carbons (Fsp3) is 0.143. The summed E-state index contributed by atoms with van der Waals surface area (Å²) in [6.45, 7) is 0.286. The van der Waals surface area contributed by atoms with Gasteiger partial charge in [0.2, 0.25) is 0 Å². The van der Waals surface area contributed by atoms with Crippen LogP contribution in [0.3, 0.4) is 0 Å². The van der Waals surface area contributed by atoms with Crippen molar-refractivity contribution in [2.75, 3.05) is 12.5 Å². The van der Waals surface area contributed by atoms with Gasteiger partial charge in [0.25, 0.3) is 0 Å². The highest BCUT2D eigenvalue weighted by atomic mass is 35.5. The fourth-order valence-electron chi connectivity index (χ4n) is 1.56. The molecule has 94 valence electrons. The Hall–Kier alpha value is -1.16. The highest BCUT2D eigenvalue weighted by molar-refractivity contribution is 7.80. The van der Waals surface area contributed by atoms with E-state index in [2.05, 4.69) is 0 Å². The van der Waals surface area contributed by atoms with Crippen molar-refractivity contribution in [3.8, 4) is 11.1 Å². The molecule has 0 N–H and O–H groups in total. The van der Waals surface area contributed by atoms with Crippen LogP contribution in [0.25, 0.3) is 11.1 Å². The summed E-state index contributed by atoms with van der Waals surface area (Å²) in [6.07, 6.45) is 0. The lowest BCUT2D eigenvalue weighted by molar-refractivity contribution is 0.374. The minimum Gasteiger partial charge on any atom is -0.285 e. The summed E-state index contributed by atoms with van der Waals surface area (Å²) in [4.78, 5) is 0.653. The van der Waals surface area contributed by atoms with Crippen LogP contribution in [0.2, 0.25) is 0 Å². The summed E-state index contributed by atoms with van der Waals surface area (Å²) in [5.74, 6) is 0.341. The van der Waals surface area contributed by atoms with E-state index < -0.39 is 11.1 Å². The van der Waals surface area contributed by atoms with Gasteiger partial charge in [0.05, 0.1) is 11.5 Å². The van der Waals surface area contributed by atoms with E-state index in [0.29, 0.717) is 10.8 Å². The lowest BCUT2D eigenvalue weighted by atomic mass is 10.1. The zero-order valence-electron chi connectivity index (χ0n) is 9.71. The van der Waals surface area contributed by atoms with Crippen LogP contribution in [-0.2, 0) is 15.3 Å². The summed E-state index contributed by atoms with van der Waals surface area (Å²) in [7, 11) is 0. The topological polar surface area (TPSA) is 26.3 Å². The maximum Gasteiger partial charge on any atom is 0.189 e. The number of benzene rings is 2. The van der Waals surface area contributed by atoms with Gasteiger partial charge in [-0.3, -0.25) is 4.18 Å². The molecule has 4 heteroatoms. The van der Waals surface area contributed by atoms with E-state index in [1.807, 2.05) is 54.6 Å². The van der Waals surface area contributed by atoms with Crippen molar-refractivity contribution in [2.24, 2.45) is 0 Å². The second-order valence-corrected chi connectivity index (χ2v) is 5.19. The van der Waals surface area contributed by atoms with Crippen LogP contribution >= 0.6 is 11.6 Å². The molecule has 2 aromatic rings. The molecule has 0 fully saturated rings. The highest BCUT2D eigenvalue weighted by Gasteiger charge is 2.04. The van der Waals surface area contributed by atoms with Crippen LogP contribution in [-0.4, -0.2) is 16.7 Å². The van der Waals surface area contributed by atoms with Gasteiger partial charge in [-0.15, -0.1) is 11.6 Å². The van der Waals surface area contributed by atoms with Gasteiger partial charge in [0, 0.05) is 5.88 Å². The predicted octanol–water partition coefficient (Wildman–Crippen LogP) is 3.63. The van der Waals surface area contributed by atoms with E-state index in [1.54, 1.807) is 0 Å². The summed E-state index contributed by atoms with van der Waals surface area (Å²) in [5, 5.41) is 0. The fourth-order valence-corrected chi connectivity index (χ4v) is 2.46. The van der Waals surface area contributed by atoms with E-state index in [0.717, 1.165) is 11.1 Å². The van der Waals surface area contributed by atoms with E-state index in [9.17, 15) is 4.21 Å². The Morgan fingerprint density at radius 3 is 2.17 bits per heavy atom. The van der Waals surface area contributed by atoms with E-state index >= 15 is 0 Å². The number of halogens is 1. The van der Waals surface area contributed by atoms with Crippen molar-refractivity contribution >= 4 is 22.7 Å². The molecular weight excluding hydrogens is 268 g/mol. The molecule has 18 heavy (non-hydrogen) atoms. The minimum atomic E-state index is -1.43. The lowest BCUT2D eigenvalue weighted by Gasteiger charge is -2.04. The summed E-state index contributed by atoms with van der Waals surface area (Å²) < 4.78 is 16.7. The third kappa shape index (κ3) is 3.42. The van der Waals surface area contributed by atoms with Crippen LogP contribution in [0.1, 0.15) is 0 Å². The third-order valence-corrected chi connectivity index (χ3v) is 3.61. The molecule has 0 aliphatic rings. The molecule has 0 saturated carbocycles. The Labute approximate surface area is 114 Å². The number of alkyl halides is 1. The molecule has 2 nitrogen and oxygen atoms in total. The Morgan fingerprint density at radius 1 is 0.944 bits per heavy atom. The first kappa shape index (κ1) is 13.3. The van der Waals surface area contributed by atoms with Gasteiger partial charge >= 0.3 is 0 Å². The molecule has 0 spiro atoms. The van der Waals surface area contributed by atoms with Crippen molar-refractivity contribution in [2.45, 2.75) is 4.90 Å². The average molecular weight is 281 g/mol. The Bertz CT molecular complexity index is 511. The van der Waals surface area contributed by atoms with E-state index in [1.165, 1.54) is 0 Å². The molecule has 0 saturated heterocycles. The molecular formula is C14H13ClO2S. The Kier molecular flexibility index (Phi) is 4.93. The maximum absolute atomic E-state index is 11.7. The van der Waals surface area contributed by atoms with Gasteiger partial charge in [0.1, 0.15) is 0 Å². The summed E-state index contributed by atoms with van der Waals surface area (Å²) in [6, 6.07) is 17.5. The number of rotatable bonds is 5. The van der Waals surface area contributed by atoms with Crippen LogP contribution in [0.15, 0.2) is 59.5 Å². The normalized spacial score (nSPS) is 12.3. The molecule has 0 radical (unpaired) electrons. The van der Waals surface area contributed by atoms with Gasteiger partial charge in [-0.2, -0.15) is 0 Å². The third-order valence-electron chi connectivity index (χ3n) is 2.42. The summed E-state index contributed by atoms with van der Waals surface area (Å²) in [5.41, 5.74) is 2.23. The molecule has 0 aliphatic carbocycles. The Balaban J connectivity index is 2.13. The zero-order chi connectivity index (χ0) is 12.8. The van der Waals surface area contributed by atoms with Gasteiger partial charge < -0.3 is 0 Å².